The third kappa shape index (κ3) is 5.99. The zero-order chi connectivity index (χ0) is 30.9. The maximum absolute atomic E-state index is 15.1. The van der Waals surface area contributed by atoms with Gasteiger partial charge in [-0.1, -0.05) is 0 Å². The van der Waals surface area contributed by atoms with Crippen LogP contribution >= 0.6 is 7.82 Å². The zero-order valence-electron chi connectivity index (χ0n) is 21.5. The number of aromatic nitrogens is 2. The lowest BCUT2D eigenvalue weighted by molar-refractivity contribution is -0.193. The Hall–Kier alpha value is -3.92. The molecule has 1 saturated heterocycles. The number of phosphoric acid groups is 1. The minimum atomic E-state index is -5.06. The van der Waals surface area contributed by atoms with Crippen LogP contribution in [0.1, 0.15) is 6.23 Å². The number of hydrogen-bond acceptors (Lipinski definition) is 10. The first kappa shape index (κ1) is 31.0. The van der Waals surface area contributed by atoms with Crippen molar-refractivity contribution < 1.29 is 59.4 Å². The van der Waals surface area contributed by atoms with Gasteiger partial charge in [0.25, 0.3) is 12.0 Å². The summed E-state index contributed by atoms with van der Waals surface area (Å²) in [5, 5.41) is 10.4. The lowest BCUT2D eigenvalue weighted by Crippen LogP contribution is -2.54. The quantitative estimate of drug-likeness (QED) is 0.240. The molecule has 0 unspecified atom stereocenters. The molecule has 0 amide bonds. The average Bonchev–Trinajstić information content (AvgIpc) is 3.16. The largest absolute Gasteiger partial charge is 0.587 e. The molecular formula is C24H22F5N2O10P. The number of nitrogens with one attached hydrogen (secondary N) is 1. The van der Waals surface area contributed by atoms with Crippen LogP contribution < -0.4 is 29.8 Å². The van der Waals surface area contributed by atoms with E-state index in [-0.39, 0.29) is 22.3 Å². The van der Waals surface area contributed by atoms with E-state index < -0.39 is 61.8 Å². The van der Waals surface area contributed by atoms with Gasteiger partial charge in [-0.3, -0.25) is 18.9 Å². The zero-order valence-corrected chi connectivity index (χ0v) is 22.4. The lowest BCUT2D eigenvalue weighted by atomic mass is 9.96. The standard InChI is InChI=1S/C24H22F5N2O10P/c1-36-13-3-7-15(8-4-13)40-42(35,41-16-9-5-14(37-2)6-10-16)38-12-23(20(26)27)19(33)24(28,29)21(39-23)31-11-17(25)18(32)30-22(31)34/h3-11,19-21,33H,12H2,1-2H3,(H,30,32,34)/t19-,21-,23-/m1/s1. The number of hydrogen-bond donors (Lipinski definition) is 2. The van der Waals surface area contributed by atoms with Gasteiger partial charge in [0.05, 0.1) is 27.0 Å². The number of halogens is 5. The molecule has 18 heteroatoms. The number of rotatable bonds is 11. The number of benzene rings is 2. The summed E-state index contributed by atoms with van der Waals surface area (Å²) in [4.78, 5) is 24.8. The predicted octanol–water partition coefficient (Wildman–Crippen LogP) is 3.50. The van der Waals surface area contributed by atoms with E-state index in [0.29, 0.717) is 11.5 Å². The summed E-state index contributed by atoms with van der Waals surface area (Å²) in [5.74, 6) is -6.08. The molecule has 228 valence electrons. The predicted molar refractivity (Wildman–Crippen MR) is 132 cm³/mol. The molecule has 2 heterocycles. The molecule has 2 aromatic carbocycles. The number of ether oxygens (including phenoxy) is 3. The molecule has 1 aliphatic rings. The number of phosphoric ester groups is 1. The van der Waals surface area contributed by atoms with Crippen molar-refractivity contribution in [1.29, 1.82) is 0 Å². The van der Waals surface area contributed by atoms with E-state index in [9.17, 15) is 32.4 Å². The molecule has 0 spiro atoms. The van der Waals surface area contributed by atoms with Gasteiger partial charge < -0.3 is 28.4 Å². The molecular weight excluding hydrogens is 602 g/mol. The van der Waals surface area contributed by atoms with Crippen LogP contribution in [0.25, 0.3) is 0 Å². The first-order chi connectivity index (χ1) is 19.7. The Bertz CT molecular complexity index is 1510. The van der Waals surface area contributed by atoms with E-state index in [2.05, 4.69) is 0 Å². The van der Waals surface area contributed by atoms with Crippen LogP contribution in [0.4, 0.5) is 22.0 Å². The van der Waals surface area contributed by atoms with Crippen molar-refractivity contribution in [2.24, 2.45) is 0 Å². The fourth-order valence-electron chi connectivity index (χ4n) is 3.82. The van der Waals surface area contributed by atoms with Gasteiger partial charge in [0.1, 0.15) is 23.0 Å². The van der Waals surface area contributed by atoms with Gasteiger partial charge >= 0.3 is 19.4 Å². The van der Waals surface area contributed by atoms with Crippen molar-refractivity contribution in [3.63, 3.8) is 0 Å². The molecule has 0 saturated carbocycles. The Labute approximate surface area is 232 Å². The van der Waals surface area contributed by atoms with Crippen LogP contribution in [-0.2, 0) is 13.8 Å². The Morgan fingerprint density at radius 1 is 0.976 bits per heavy atom. The molecule has 1 aliphatic heterocycles. The van der Waals surface area contributed by atoms with Gasteiger partial charge in [-0.15, -0.1) is 0 Å². The summed E-state index contributed by atoms with van der Waals surface area (Å²) < 4.78 is 117. The van der Waals surface area contributed by atoms with Crippen molar-refractivity contribution in [3.05, 3.63) is 81.4 Å². The van der Waals surface area contributed by atoms with E-state index in [1.54, 1.807) is 0 Å². The van der Waals surface area contributed by atoms with E-state index in [1.807, 2.05) is 0 Å². The number of H-pyrrole nitrogens is 1. The Morgan fingerprint density at radius 3 is 1.90 bits per heavy atom. The van der Waals surface area contributed by atoms with Gasteiger partial charge in [0.15, 0.2) is 11.7 Å². The molecule has 0 radical (unpaired) electrons. The summed E-state index contributed by atoms with van der Waals surface area (Å²) >= 11 is 0. The number of aromatic amines is 1. The number of alkyl halides is 4. The van der Waals surface area contributed by atoms with Crippen LogP contribution in [0, 0.1) is 5.82 Å². The maximum Gasteiger partial charge on any atom is 0.587 e. The SMILES string of the molecule is COc1ccc(OP(=O)(OC[C@@]2(C(F)F)O[C@@H](n3cc(F)c(=O)[nH]c3=O)C(F)(F)[C@@H]2O)Oc2ccc(OC)cc2)cc1. The van der Waals surface area contributed by atoms with Gasteiger partial charge in [0.2, 0.25) is 12.0 Å². The van der Waals surface area contributed by atoms with Crippen LogP contribution in [0.15, 0.2) is 64.3 Å². The van der Waals surface area contributed by atoms with Crippen LogP contribution in [0.3, 0.4) is 0 Å². The smallest absolute Gasteiger partial charge is 0.497 e. The second-order valence-electron chi connectivity index (χ2n) is 8.70. The molecule has 0 bridgehead atoms. The molecule has 1 aromatic heterocycles. The fraction of sp³-hybridized carbons (Fsp3) is 0.333. The highest BCUT2D eigenvalue weighted by Crippen LogP contribution is 2.55. The Kier molecular flexibility index (Phi) is 8.68. The normalized spacial score (nSPS) is 21.7. The molecule has 3 atom stereocenters. The summed E-state index contributed by atoms with van der Waals surface area (Å²) in [6.45, 7) is -1.75. The second-order valence-corrected chi connectivity index (χ2v) is 10.2. The van der Waals surface area contributed by atoms with E-state index in [4.69, 9.17) is 27.8 Å². The maximum atomic E-state index is 15.1. The van der Waals surface area contributed by atoms with Crippen molar-refractivity contribution >= 4 is 7.82 Å². The lowest BCUT2D eigenvalue weighted by Gasteiger charge is -2.31. The molecule has 42 heavy (non-hydrogen) atoms. The molecule has 4 rings (SSSR count). The summed E-state index contributed by atoms with van der Waals surface area (Å²) in [6.07, 6.45) is -10.4. The second kappa shape index (κ2) is 11.8. The summed E-state index contributed by atoms with van der Waals surface area (Å²) in [6, 6.07) is 10.5. The van der Waals surface area contributed by atoms with Crippen molar-refractivity contribution in [1.82, 2.24) is 9.55 Å². The topological polar surface area (TPSA) is 148 Å². The van der Waals surface area contributed by atoms with Crippen molar-refractivity contribution in [3.8, 4) is 23.0 Å². The molecule has 12 nitrogen and oxygen atoms in total. The minimum absolute atomic E-state index is 0.000654. The number of aliphatic hydroxyl groups excluding tert-OH is 1. The first-order valence-corrected chi connectivity index (χ1v) is 13.2. The van der Waals surface area contributed by atoms with Crippen LogP contribution in [-0.4, -0.2) is 59.5 Å². The molecule has 0 aliphatic carbocycles. The Balaban J connectivity index is 1.69. The van der Waals surface area contributed by atoms with Crippen molar-refractivity contribution in [2.75, 3.05) is 20.8 Å². The fourth-order valence-corrected chi connectivity index (χ4v) is 5.08. The highest BCUT2D eigenvalue weighted by molar-refractivity contribution is 7.49. The number of nitrogens with zero attached hydrogens (tertiary/aromatic N) is 1. The highest BCUT2D eigenvalue weighted by atomic mass is 31.2. The number of methoxy groups -OCH3 is 2. The highest BCUT2D eigenvalue weighted by Gasteiger charge is 2.71. The third-order valence-electron chi connectivity index (χ3n) is 6.04. The van der Waals surface area contributed by atoms with Gasteiger partial charge in [-0.25, -0.2) is 18.1 Å². The van der Waals surface area contributed by atoms with Crippen LogP contribution in [0.2, 0.25) is 0 Å². The van der Waals surface area contributed by atoms with E-state index in [1.165, 1.54) is 67.7 Å². The minimum Gasteiger partial charge on any atom is -0.497 e. The van der Waals surface area contributed by atoms with E-state index >= 15 is 8.78 Å². The molecule has 2 N–H and O–H groups in total. The Morgan fingerprint density at radius 2 is 1.45 bits per heavy atom. The summed E-state index contributed by atoms with van der Waals surface area (Å²) in [5.41, 5.74) is -6.89. The number of aliphatic hydroxyl groups is 1. The van der Waals surface area contributed by atoms with Crippen molar-refractivity contribution in [2.45, 2.75) is 30.3 Å². The molecule has 1 fully saturated rings. The summed E-state index contributed by atoms with van der Waals surface area (Å²) in [7, 11) is -2.32. The average molecular weight is 624 g/mol. The third-order valence-corrected chi connectivity index (χ3v) is 7.35. The first-order valence-electron chi connectivity index (χ1n) is 11.7. The molecule has 3 aromatic rings. The van der Waals surface area contributed by atoms with Crippen LogP contribution in [0.5, 0.6) is 23.0 Å². The van der Waals surface area contributed by atoms with Gasteiger partial charge in [-0.05, 0) is 48.5 Å². The van der Waals surface area contributed by atoms with Gasteiger partial charge in [-0.2, -0.15) is 13.2 Å². The monoisotopic (exact) mass is 624 g/mol. The van der Waals surface area contributed by atoms with E-state index in [0.717, 1.165) is 0 Å². The van der Waals surface area contributed by atoms with Gasteiger partial charge in [0, 0.05) is 0 Å².